The number of halogens is 1. The van der Waals surface area contributed by atoms with Crippen molar-refractivity contribution in [3.05, 3.63) is 59.1 Å². The second-order valence-corrected chi connectivity index (χ2v) is 9.02. The third kappa shape index (κ3) is 8.11. The SMILES string of the molecule is CC[C@@H](C)NC(=O)[C@H](C)N(Cc1cccc(OC)c1)C(=O)CCSc1ccc(Cl)cc1. The minimum Gasteiger partial charge on any atom is -0.497 e. The van der Waals surface area contributed by atoms with Crippen LogP contribution in [-0.2, 0) is 16.1 Å². The van der Waals surface area contributed by atoms with Gasteiger partial charge < -0.3 is 15.0 Å². The molecule has 0 radical (unpaired) electrons. The molecular formula is C24H31ClN2O3S. The van der Waals surface area contributed by atoms with E-state index in [0.29, 0.717) is 23.7 Å². The summed E-state index contributed by atoms with van der Waals surface area (Å²) in [5, 5.41) is 3.67. The summed E-state index contributed by atoms with van der Waals surface area (Å²) in [5.74, 6) is 1.14. The lowest BCUT2D eigenvalue weighted by atomic mass is 10.1. The monoisotopic (exact) mass is 462 g/mol. The van der Waals surface area contributed by atoms with Crippen molar-refractivity contribution < 1.29 is 14.3 Å². The Balaban J connectivity index is 2.09. The normalized spacial score (nSPS) is 12.7. The van der Waals surface area contributed by atoms with E-state index in [1.54, 1.807) is 30.7 Å². The molecule has 0 spiro atoms. The molecule has 0 saturated heterocycles. The van der Waals surface area contributed by atoms with E-state index in [1.807, 2.05) is 62.4 Å². The Morgan fingerprint density at radius 1 is 1.16 bits per heavy atom. The summed E-state index contributed by atoms with van der Waals surface area (Å²) in [5.41, 5.74) is 0.918. The average molecular weight is 463 g/mol. The lowest BCUT2D eigenvalue weighted by Crippen LogP contribution is -2.49. The number of hydrogen-bond acceptors (Lipinski definition) is 4. The minimum absolute atomic E-state index is 0.0592. The van der Waals surface area contributed by atoms with Crippen LogP contribution in [0.5, 0.6) is 5.75 Å². The molecule has 1 N–H and O–H groups in total. The van der Waals surface area contributed by atoms with Gasteiger partial charge in [-0.1, -0.05) is 30.7 Å². The van der Waals surface area contributed by atoms with Gasteiger partial charge in [0, 0.05) is 34.7 Å². The van der Waals surface area contributed by atoms with Crippen LogP contribution in [0.4, 0.5) is 0 Å². The molecule has 31 heavy (non-hydrogen) atoms. The van der Waals surface area contributed by atoms with E-state index < -0.39 is 6.04 Å². The quantitative estimate of drug-likeness (QED) is 0.468. The smallest absolute Gasteiger partial charge is 0.242 e. The Morgan fingerprint density at radius 2 is 1.87 bits per heavy atom. The molecule has 2 amide bonds. The van der Waals surface area contributed by atoms with Crippen LogP contribution >= 0.6 is 23.4 Å². The zero-order valence-corrected chi connectivity index (χ0v) is 20.1. The number of hydrogen-bond donors (Lipinski definition) is 1. The van der Waals surface area contributed by atoms with E-state index in [0.717, 1.165) is 22.6 Å². The highest BCUT2D eigenvalue weighted by atomic mass is 35.5. The molecule has 168 valence electrons. The van der Waals surface area contributed by atoms with E-state index in [2.05, 4.69) is 5.32 Å². The van der Waals surface area contributed by atoms with Gasteiger partial charge in [-0.3, -0.25) is 9.59 Å². The molecule has 2 aromatic carbocycles. The first-order valence-corrected chi connectivity index (χ1v) is 11.8. The van der Waals surface area contributed by atoms with Crippen molar-refractivity contribution >= 4 is 35.2 Å². The van der Waals surface area contributed by atoms with Crippen molar-refractivity contribution in [2.75, 3.05) is 12.9 Å². The molecule has 0 bridgehead atoms. The Morgan fingerprint density at radius 3 is 2.52 bits per heavy atom. The fourth-order valence-electron chi connectivity index (χ4n) is 2.95. The van der Waals surface area contributed by atoms with Gasteiger partial charge in [-0.25, -0.2) is 0 Å². The lowest BCUT2D eigenvalue weighted by molar-refractivity contribution is -0.140. The number of rotatable bonds is 11. The van der Waals surface area contributed by atoms with Crippen molar-refractivity contribution in [2.24, 2.45) is 0 Å². The van der Waals surface area contributed by atoms with Crippen LogP contribution in [0.15, 0.2) is 53.4 Å². The number of benzene rings is 2. The molecule has 2 atom stereocenters. The van der Waals surface area contributed by atoms with Crippen molar-refractivity contribution in [3.8, 4) is 5.75 Å². The fourth-order valence-corrected chi connectivity index (χ4v) is 3.91. The maximum Gasteiger partial charge on any atom is 0.242 e. The standard InChI is InChI=1S/C24H31ClN2O3S/c1-5-17(2)26-24(29)18(3)27(16-19-7-6-8-21(15-19)30-4)23(28)13-14-31-22-11-9-20(25)10-12-22/h6-12,15,17-18H,5,13-14,16H2,1-4H3,(H,26,29)/t17-,18+/m1/s1. The summed E-state index contributed by atoms with van der Waals surface area (Å²) in [7, 11) is 1.61. The number of thioether (sulfide) groups is 1. The highest BCUT2D eigenvalue weighted by Crippen LogP contribution is 2.22. The van der Waals surface area contributed by atoms with Crippen molar-refractivity contribution in [2.45, 2.75) is 57.1 Å². The lowest BCUT2D eigenvalue weighted by Gasteiger charge is -2.30. The highest BCUT2D eigenvalue weighted by Gasteiger charge is 2.26. The number of ether oxygens (including phenoxy) is 1. The summed E-state index contributed by atoms with van der Waals surface area (Å²) >= 11 is 7.53. The van der Waals surface area contributed by atoms with E-state index >= 15 is 0 Å². The van der Waals surface area contributed by atoms with Crippen LogP contribution < -0.4 is 10.1 Å². The van der Waals surface area contributed by atoms with Gasteiger partial charge in [0.15, 0.2) is 0 Å². The molecular weight excluding hydrogens is 432 g/mol. The third-order valence-electron chi connectivity index (χ3n) is 5.05. The Bertz CT molecular complexity index is 860. The number of carbonyl (C=O) groups excluding carboxylic acids is 2. The molecule has 7 heteroatoms. The predicted molar refractivity (Wildman–Crippen MR) is 128 cm³/mol. The van der Waals surface area contributed by atoms with Gasteiger partial charge >= 0.3 is 0 Å². The van der Waals surface area contributed by atoms with Gasteiger partial charge in [-0.15, -0.1) is 11.8 Å². The fraction of sp³-hybridized carbons (Fsp3) is 0.417. The van der Waals surface area contributed by atoms with E-state index in [1.165, 1.54) is 0 Å². The first kappa shape index (κ1) is 25.1. The van der Waals surface area contributed by atoms with E-state index in [-0.39, 0.29) is 17.9 Å². The van der Waals surface area contributed by atoms with Crippen molar-refractivity contribution in [3.63, 3.8) is 0 Å². The van der Waals surface area contributed by atoms with E-state index in [4.69, 9.17) is 16.3 Å². The maximum atomic E-state index is 13.1. The number of nitrogens with one attached hydrogen (secondary N) is 1. The molecule has 0 fully saturated rings. The summed E-state index contributed by atoms with van der Waals surface area (Å²) in [4.78, 5) is 28.6. The molecule has 0 aliphatic heterocycles. The Hall–Kier alpha value is -2.18. The molecule has 0 heterocycles. The second kappa shape index (κ2) is 12.6. The number of methoxy groups -OCH3 is 1. The topological polar surface area (TPSA) is 58.6 Å². The van der Waals surface area contributed by atoms with Crippen LogP contribution in [0.1, 0.15) is 39.2 Å². The number of carbonyl (C=O) groups is 2. The van der Waals surface area contributed by atoms with Crippen LogP contribution in [0.3, 0.4) is 0 Å². The molecule has 0 aromatic heterocycles. The maximum absolute atomic E-state index is 13.1. The van der Waals surface area contributed by atoms with Gasteiger partial charge in [0.1, 0.15) is 11.8 Å². The van der Waals surface area contributed by atoms with Crippen molar-refractivity contribution in [1.29, 1.82) is 0 Å². The van der Waals surface area contributed by atoms with Gasteiger partial charge in [0.2, 0.25) is 11.8 Å². The summed E-state index contributed by atoms with van der Waals surface area (Å²) in [6.45, 7) is 6.10. The molecule has 0 aliphatic rings. The van der Waals surface area contributed by atoms with Crippen LogP contribution in [0.2, 0.25) is 5.02 Å². The highest BCUT2D eigenvalue weighted by molar-refractivity contribution is 7.99. The second-order valence-electron chi connectivity index (χ2n) is 7.42. The average Bonchev–Trinajstić information content (AvgIpc) is 2.78. The Kier molecular flexibility index (Phi) is 10.2. The van der Waals surface area contributed by atoms with Crippen LogP contribution in [0, 0.1) is 0 Å². The van der Waals surface area contributed by atoms with Crippen LogP contribution in [0.25, 0.3) is 0 Å². The van der Waals surface area contributed by atoms with Gasteiger partial charge in [-0.2, -0.15) is 0 Å². The third-order valence-corrected chi connectivity index (χ3v) is 6.32. The summed E-state index contributed by atoms with van der Waals surface area (Å²) < 4.78 is 5.30. The van der Waals surface area contributed by atoms with Gasteiger partial charge in [-0.05, 0) is 62.2 Å². The Labute approximate surface area is 194 Å². The molecule has 2 aromatic rings. The zero-order chi connectivity index (χ0) is 22.8. The number of nitrogens with zero attached hydrogens (tertiary/aromatic N) is 1. The minimum atomic E-state index is -0.576. The van der Waals surface area contributed by atoms with Gasteiger partial charge in [0.05, 0.1) is 7.11 Å². The molecule has 5 nitrogen and oxygen atoms in total. The largest absolute Gasteiger partial charge is 0.497 e. The van der Waals surface area contributed by atoms with Gasteiger partial charge in [0.25, 0.3) is 0 Å². The molecule has 0 aliphatic carbocycles. The molecule has 2 rings (SSSR count). The molecule has 0 saturated carbocycles. The summed E-state index contributed by atoms with van der Waals surface area (Å²) in [6, 6.07) is 14.6. The number of amides is 2. The predicted octanol–water partition coefficient (Wildman–Crippen LogP) is 5.16. The summed E-state index contributed by atoms with van der Waals surface area (Å²) in [6.07, 6.45) is 1.16. The van der Waals surface area contributed by atoms with Crippen molar-refractivity contribution in [1.82, 2.24) is 10.2 Å². The van der Waals surface area contributed by atoms with E-state index in [9.17, 15) is 9.59 Å². The first-order valence-electron chi connectivity index (χ1n) is 10.4. The van der Waals surface area contributed by atoms with Crippen LogP contribution in [-0.4, -0.2) is 41.7 Å². The first-order chi connectivity index (χ1) is 14.8. The zero-order valence-electron chi connectivity index (χ0n) is 18.6. The molecule has 0 unspecified atom stereocenters.